The molecule has 0 fully saturated rings. The molecule has 3 nitrogen and oxygen atoms in total. The molecule has 0 heterocycles. The van der Waals surface area contributed by atoms with Gasteiger partial charge in [0.2, 0.25) is 0 Å². The van der Waals surface area contributed by atoms with Crippen LogP contribution in [0.5, 0.6) is 0 Å². The Kier molecular flexibility index (Phi) is 6.82. The molecule has 6 heteroatoms. The lowest BCUT2D eigenvalue weighted by atomic mass is 10.2. The average Bonchev–Trinajstić information content (AvgIpc) is 1.58. The first-order chi connectivity index (χ1) is 4.52. The van der Waals surface area contributed by atoms with Gasteiger partial charge in [-0.1, -0.05) is 45.2 Å². The van der Waals surface area contributed by atoms with Crippen molar-refractivity contribution in [3.63, 3.8) is 0 Å². The summed E-state index contributed by atoms with van der Waals surface area (Å²) in [6.45, 7) is 3.57. The van der Waals surface area contributed by atoms with Gasteiger partial charge in [0.05, 0.1) is 8.22 Å². The van der Waals surface area contributed by atoms with Crippen molar-refractivity contribution in [3.05, 3.63) is 0 Å². The summed E-state index contributed by atoms with van der Waals surface area (Å²) in [5.74, 6) is 0. The van der Waals surface area contributed by atoms with E-state index >= 15 is 0 Å². The highest BCUT2D eigenvalue weighted by atomic mass is 127. The van der Waals surface area contributed by atoms with Gasteiger partial charge in [-0.05, 0) is 13.8 Å². The molecular weight excluding hydrogens is 361 g/mol. The lowest BCUT2D eigenvalue weighted by Crippen LogP contribution is -2.25. The molecule has 0 saturated carbocycles. The molecule has 0 aromatic rings. The third-order valence-corrected chi connectivity index (χ3v) is 1.18. The minimum atomic E-state index is -1.35. The van der Waals surface area contributed by atoms with Crippen molar-refractivity contribution in [1.82, 2.24) is 0 Å². The van der Waals surface area contributed by atoms with Gasteiger partial charge in [-0.15, -0.1) is 0 Å². The van der Waals surface area contributed by atoms with E-state index in [2.05, 4.69) is 0 Å². The molecule has 0 N–H and O–H groups in total. The van der Waals surface area contributed by atoms with Gasteiger partial charge in [0, 0.05) is 0 Å². The Labute approximate surface area is 88.3 Å². The van der Waals surface area contributed by atoms with E-state index in [4.69, 9.17) is 9.31 Å². The second-order valence-corrected chi connectivity index (χ2v) is 5.16. The monoisotopic (exact) mass is 369 g/mol. The summed E-state index contributed by atoms with van der Waals surface area (Å²) in [5, 5.41) is 10.7. The summed E-state index contributed by atoms with van der Waals surface area (Å²) in [5.41, 5.74) is 0. The number of hydrogen-bond acceptors (Lipinski definition) is 2. The fraction of sp³-hybridized carbons (Fsp3) is 1.00. The van der Waals surface area contributed by atoms with E-state index < -0.39 is 7.32 Å². The molecule has 0 amide bonds. The zero-order chi connectivity index (χ0) is 8.15. The van der Waals surface area contributed by atoms with Crippen LogP contribution in [0.3, 0.4) is 0 Å². The summed E-state index contributed by atoms with van der Waals surface area (Å²) >= 11 is 4.00. The molecule has 0 aliphatic carbocycles. The zero-order valence-corrected chi connectivity index (χ0v) is 10.0. The van der Waals surface area contributed by atoms with Gasteiger partial charge in [-0.2, -0.15) is 0 Å². The van der Waals surface area contributed by atoms with Crippen molar-refractivity contribution >= 4 is 52.5 Å². The molecule has 1 radical (unpaired) electrons. The quantitative estimate of drug-likeness (QED) is 0.432. The van der Waals surface area contributed by atoms with E-state index in [0.29, 0.717) is 0 Å². The van der Waals surface area contributed by atoms with Crippen LogP contribution < -0.4 is 0 Å². The largest absolute Gasteiger partial charge is 0.668 e. The predicted molar refractivity (Wildman–Crippen MR) is 55.6 cm³/mol. The van der Waals surface area contributed by atoms with Gasteiger partial charge < -0.3 is 9.31 Å². The summed E-state index contributed by atoms with van der Waals surface area (Å²) in [6, 6.07) is 0. The lowest BCUT2D eigenvalue weighted by Gasteiger charge is -2.09. The Balaban J connectivity index is 3.34. The van der Waals surface area contributed by atoms with Crippen molar-refractivity contribution in [2.45, 2.75) is 22.1 Å². The van der Waals surface area contributed by atoms with Gasteiger partial charge in [-0.3, -0.25) is 0 Å². The molecule has 10 heavy (non-hydrogen) atoms. The Bertz CT molecular complexity index is 80.6. The van der Waals surface area contributed by atoms with Gasteiger partial charge in [0.15, 0.2) is 0 Å². The normalized spacial score (nSPS) is 16.5. The average molecular weight is 369 g/mol. The lowest BCUT2D eigenvalue weighted by molar-refractivity contribution is 0.108. The molecule has 2 atom stereocenters. The Morgan fingerprint density at radius 2 is 1.50 bits per heavy atom. The number of alkyl halides is 2. The fourth-order valence-corrected chi connectivity index (χ4v) is 0.818. The standard InChI is InChI=1S/C4H8BI2O3/c1-3(6)9-5(8)10-4(2)7/h3-4H,1-2H3. The van der Waals surface area contributed by atoms with E-state index in [9.17, 15) is 5.02 Å². The van der Waals surface area contributed by atoms with E-state index in [1.165, 1.54) is 0 Å². The minimum absolute atomic E-state index is 0.102. The maximum atomic E-state index is 10.7. The van der Waals surface area contributed by atoms with Crippen molar-refractivity contribution in [2.75, 3.05) is 0 Å². The third-order valence-electron chi connectivity index (χ3n) is 0.597. The highest BCUT2D eigenvalue weighted by Gasteiger charge is 2.21. The molecule has 0 aromatic heterocycles. The summed E-state index contributed by atoms with van der Waals surface area (Å²) in [6.07, 6.45) is 0. The first kappa shape index (κ1) is 11.4. The van der Waals surface area contributed by atoms with E-state index in [1.54, 1.807) is 13.8 Å². The Morgan fingerprint density at radius 3 is 1.70 bits per heavy atom. The number of hydrogen-bond donors (Lipinski definition) is 0. The summed E-state index contributed by atoms with van der Waals surface area (Å²) < 4.78 is 9.33. The second-order valence-electron chi connectivity index (χ2n) is 1.65. The second kappa shape index (κ2) is 5.98. The molecule has 59 valence electrons. The summed E-state index contributed by atoms with van der Waals surface area (Å²) in [4.78, 5) is 0. The van der Waals surface area contributed by atoms with Crippen LogP contribution in [0, 0.1) is 0 Å². The highest BCUT2D eigenvalue weighted by molar-refractivity contribution is 14.1. The van der Waals surface area contributed by atoms with Crippen molar-refractivity contribution in [3.8, 4) is 0 Å². The SMILES string of the molecule is CC(I)OB([O])OC(C)I. The maximum absolute atomic E-state index is 10.7. The van der Waals surface area contributed by atoms with Crippen molar-refractivity contribution < 1.29 is 14.3 Å². The topological polar surface area (TPSA) is 38.4 Å². The molecular formula is C4H8BI2O3. The molecule has 0 saturated heterocycles. The van der Waals surface area contributed by atoms with Crippen LogP contribution in [0.25, 0.3) is 0 Å². The van der Waals surface area contributed by atoms with Crippen LogP contribution in [0.15, 0.2) is 0 Å². The molecule has 0 bridgehead atoms. The van der Waals surface area contributed by atoms with E-state index in [1.807, 2.05) is 45.2 Å². The maximum Gasteiger partial charge on any atom is 0.668 e. The van der Waals surface area contributed by atoms with Gasteiger partial charge in [0.25, 0.3) is 0 Å². The van der Waals surface area contributed by atoms with E-state index in [-0.39, 0.29) is 8.22 Å². The first-order valence-corrected chi connectivity index (χ1v) is 5.26. The molecule has 0 rings (SSSR count). The van der Waals surface area contributed by atoms with Gasteiger partial charge in [-0.25, -0.2) is 5.02 Å². The number of halogens is 2. The van der Waals surface area contributed by atoms with E-state index in [0.717, 1.165) is 0 Å². The molecule has 0 aromatic carbocycles. The van der Waals surface area contributed by atoms with Gasteiger partial charge >= 0.3 is 7.32 Å². The Morgan fingerprint density at radius 1 is 1.20 bits per heavy atom. The molecule has 2 unspecified atom stereocenters. The predicted octanol–water partition coefficient (Wildman–Crippen LogP) is 2.00. The first-order valence-electron chi connectivity index (χ1n) is 2.77. The minimum Gasteiger partial charge on any atom is -0.373 e. The van der Waals surface area contributed by atoms with Crippen LogP contribution in [-0.4, -0.2) is 15.5 Å². The molecule has 0 aliphatic heterocycles. The highest BCUT2D eigenvalue weighted by Crippen LogP contribution is 2.07. The van der Waals surface area contributed by atoms with Crippen molar-refractivity contribution in [1.29, 1.82) is 0 Å². The van der Waals surface area contributed by atoms with Crippen LogP contribution in [0.2, 0.25) is 0 Å². The van der Waals surface area contributed by atoms with Crippen LogP contribution in [0.4, 0.5) is 0 Å². The molecule has 0 aliphatic rings. The molecule has 0 spiro atoms. The zero-order valence-electron chi connectivity index (χ0n) is 5.71. The van der Waals surface area contributed by atoms with Crippen LogP contribution >= 0.6 is 45.2 Å². The van der Waals surface area contributed by atoms with Crippen LogP contribution in [0.1, 0.15) is 13.8 Å². The Hall–Kier alpha value is 1.40. The van der Waals surface area contributed by atoms with Crippen molar-refractivity contribution in [2.24, 2.45) is 0 Å². The fourth-order valence-electron chi connectivity index (χ4n) is 0.338. The van der Waals surface area contributed by atoms with Crippen LogP contribution in [-0.2, 0) is 14.3 Å². The third kappa shape index (κ3) is 7.51. The smallest absolute Gasteiger partial charge is 0.373 e. The number of rotatable bonds is 4. The van der Waals surface area contributed by atoms with Gasteiger partial charge in [0.1, 0.15) is 0 Å². The summed E-state index contributed by atoms with van der Waals surface area (Å²) in [7, 11) is -1.35.